The molecule has 0 aliphatic heterocycles. The average Bonchev–Trinajstić information content (AvgIpc) is 3.00. The Morgan fingerprint density at radius 2 is 1.94 bits per heavy atom. The predicted octanol–water partition coefficient (Wildman–Crippen LogP) is 3.27. The molecule has 1 aromatic carbocycles. The Morgan fingerprint density at radius 1 is 1.28 bits per heavy atom. The number of aliphatic hydroxyl groups excluding tert-OH is 1. The van der Waals surface area contributed by atoms with Crippen LogP contribution in [0.15, 0.2) is 30.3 Å². The minimum atomic E-state index is -0.183. The second-order valence-corrected chi connectivity index (χ2v) is 6.86. The maximum absolute atomic E-state index is 10.1. The lowest BCUT2D eigenvalue weighted by molar-refractivity contribution is 0.0718. The van der Waals surface area contributed by atoms with E-state index in [1.54, 1.807) is 0 Å². The molecule has 0 radical (unpaired) electrons. The summed E-state index contributed by atoms with van der Waals surface area (Å²) in [5.74, 6) is 1.28. The van der Waals surface area contributed by atoms with E-state index in [0.29, 0.717) is 28.3 Å². The van der Waals surface area contributed by atoms with E-state index in [2.05, 4.69) is 48.6 Å². The summed E-state index contributed by atoms with van der Waals surface area (Å²) in [6.07, 6.45) is -0.183. The molecule has 1 N–H and O–H groups in total. The van der Waals surface area contributed by atoms with Gasteiger partial charge in [-0.2, -0.15) is 0 Å². The number of rotatable bonds is 6. The number of benzene rings is 1. The smallest absolute Gasteiger partial charge is 0.0717 e. The van der Waals surface area contributed by atoms with Crippen molar-refractivity contribution in [2.24, 2.45) is 17.8 Å². The number of hydrogen-bond donors (Lipinski definition) is 1. The van der Waals surface area contributed by atoms with E-state index < -0.39 is 0 Å². The summed E-state index contributed by atoms with van der Waals surface area (Å²) in [4.78, 5) is 0. The van der Waals surface area contributed by atoms with Crippen molar-refractivity contribution in [1.29, 1.82) is 0 Å². The summed E-state index contributed by atoms with van der Waals surface area (Å²) in [5, 5.41) is 10.1. The molecule has 1 fully saturated rings. The maximum atomic E-state index is 10.1. The lowest BCUT2D eigenvalue weighted by Crippen LogP contribution is -2.19. The molecule has 1 aliphatic rings. The zero-order valence-corrected chi connectivity index (χ0v) is 13.1. The summed E-state index contributed by atoms with van der Waals surface area (Å²) in [7, 11) is 0. The van der Waals surface area contributed by atoms with Gasteiger partial charge in [-0.25, -0.2) is 0 Å². The molecule has 0 heterocycles. The van der Waals surface area contributed by atoms with Gasteiger partial charge in [0, 0.05) is 15.8 Å². The van der Waals surface area contributed by atoms with E-state index in [-0.39, 0.29) is 6.10 Å². The van der Waals surface area contributed by atoms with Crippen LogP contribution in [0.2, 0.25) is 0 Å². The van der Waals surface area contributed by atoms with Gasteiger partial charge in [-0.3, -0.25) is 0 Å². The molecule has 100 valence electrons. The molecule has 0 bridgehead atoms. The minimum Gasteiger partial charge on any atom is -0.393 e. The van der Waals surface area contributed by atoms with Crippen LogP contribution in [0.5, 0.6) is 0 Å². The molecule has 2 rings (SSSR count). The zero-order chi connectivity index (χ0) is 13.1. The first kappa shape index (κ1) is 14.3. The van der Waals surface area contributed by atoms with Gasteiger partial charge >= 0.3 is 0 Å². The fourth-order valence-electron chi connectivity index (χ4n) is 2.33. The molecule has 1 saturated carbocycles. The van der Waals surface area contributed by atoms with E-state index in [0.717, 1.165) is 6.61 Å². The largest absolute Gasteiger partial charge is 0.393 e. The highest BCUT2D eigenvalue weighted by atomic mass is 127. The zero-order valence-electron chi connectivity index (χ0n) is 10.9. The number of hydrogen-bond acceptors (Lipinski definition) is 2. The van der Waals surface area contributed by atoms with Crippen LogP contribution >= 0.6 is 22.6 Å². The summed E-state index contributed by atoms with van der Waals surface area (Å²) < 4.78 is 6.32. The van der Waals surface area contributed by atoms with Crippen LogP contribution in [0.3, 0.4) is 0 Å². The molecule has 1 aromatic rings. The van der Waals surface area contributed by atoms with Gasteiger partial charge in [-0.15, -0.1) is 0 Å². The molecular formula is C15H21IO2. The third-order valence-corrected chi connectivity index (χ3v) is 5.38. The van der Waals surface area contributed by atoms with Gasteiger partial charge < -0.3 is 9.84 Å². The standard InChI is InChI=1S/C15H21IO2/c1-10(2)15(17)13-12(14(13)16)9-18-8-11-6-4-3-5-7-11/h3-7,10,12-15,17H,8-9H2,1-2H3/t12-,13+,14-,15-/m0/s1. The normalized spacial score (nSPS) is 28.4. The topological polar surface area (TPSA) is 29.5 Å². The fourth-order valence-corrected chi connectivity index (χ4v) is 3.74. The fraction of sp³-hybridized carbons (Fsp3) is 0.600. The van der Waals surface area contributed by atoms with Crippen molar-refractivity contribution in [3.63, 3.8) is 0 Å². The molecule has 0 unspecified atom stereocenters. The van der Waals surface area contributed by atoms with E-state index in [4.69, 9.17) is 4.74 Å². The van der Waals surface area contributed by atoms with Crippen LogP contribution in [0, 0.1) is 17.8 Å². The summed E-state index contributed by atoms with van der Waals surface area (Å²) in [6.45, 7) is 5.59. The Hall–Kier alpha value is -0.130. The molecule has 18 heavy (non-hydrogen) atoms. The van der Waals surface area contributed by atoms with Crippen molar-refractivity contribution in [2.45, 2.75) is 30.5 Å². The summed E-state index contributed by atoms with van der Waals surface area (Å²) in [6, 6.07) is 10.2. The van der Waals surface area contributed by atoms with Gasteiger partial charge in [0.05, 0.1) is 19.3 Å². The van der Waals surface area contributed by atoms with Crippen molar-refractivity contribution in [3.05, 3.63) is 35.9 Å². The second kappa shape index (κ2) is 6.35. The van der Waals surface area contributed by atoms with Gasteiger partial charge in [0.1, 0.15) is 0 Å². The van der Waals surface area contributed by atoms with E-state index in [1.165, 1.54) is 5.56 Å². The van der Waals surface area contributed by atoms with Crippen LogP contribution in [0.25, 0.3) is 0 Å². The van der Waals surface area contributed by atoms with Gasteiger partial charge in [-0.05, 0) is 11.5 Å². The Balaban J connectivity index is 1.73. The SMILES string of the molecule is CC(C)[C@H](O)[C@H]1[C@@H](I)[C@H]1COCc1ccccc1. The van der Waals surface area contributed by atoms with E-state index in [1.807, 2.05) is 18.2 Å². The second-order valence-electron chi connectivity index (χ2n) is 5.42. The van der Waals surface area contributed by atoms with Crippen molar-refractivity contribution >= 4 is 22.6 Å². The lowest BCUT2D eigenvalue weighted by Gasteiger charge is -2.14. The number of ether oxygens (including phenoxy) is 1. The molecule has 4 atom stereocenters. The first-order valence-corrected chi connectivity index (χ1v) is 7.79. The molecule has 0 amide bonds. The van der Waals surface area contributed by atoms with Crippen molar-refractivity contribution < 1.29 is 9.84 Å². The van der Waals surface area contributed by atoms with Crippen molar-refractivity contribution in [3.8, 4) is 0 Å². The number of aliphatic hydroxyl groups is 1. The highest BCUT2D eigenvalue weighted by Crippen LogP contribution is 2.49. The Labute approximate surface area is 123 Å². The average molecular weight is 360 g/mol. The third kappa shape index (κ3) is 3.45. The van der Waals surface area contributed by atoms with Gasteiger partial charge in [0.2, 0.25) is 0 Å². The molecular weight excluding hydrogens is 339 g/mol. The van der Waals surface area contributed by atoms with Crippen LogP contribution in [-0.4, -0.2) is 21.7 Å². The van der Waals surface area contributed by atoms with Gasteiger partial charge in [-0.1, -0.05) is 66.8 Å². The predicted molar refractivity (Wildman–Crippen MR) is 81.7 cm³/mol. The number of halogens is 1. The molecule has 1 aliphatic carbocycles. The Morgan fingerprint density at radius 3 is 2.56 bits per heavy atom. The van der Waals surface area contributed by atoms with Crippen LogP contribution in [0.1, 0.15) is 19.4 Å². The maximum Gasteiger partial charge on any atom is 0.0717 e. The number of alkyl halides is 1. The van der Waals surface area contributed by atoms with E-state index >= 15 is 0 Å². The first-order valence-electron chi connectivity index (χ1n) is 6.55. The highest BCUT2D eigenvalue weighted by molar-refractivity contribution is 14.1. The van der Waals surface area contributed by atoms with E-state index in [9.17, 15) is 5.11 Å². The minimum absolute atomic E-state index is 0.183. The first-order chi connectivity index (χ1) is 8.61. The highest BCUT2D eigenvalue weighted by Gasteiger charge is 2.52. The third-order valence-electron chi connectivity index (χ3n) is 3.63. The lowest BCUT2D eigenvalue weighted by atomic mass is 10.0. The molecule has 0 spiro atoms. The molecule has 3 heteroatoms. The van der Waals surface area contributed by atoms with Crippen LogP contribution in [0.4, 0.5) is 0 Å². The molecule has 0 saturated heterocycles. The molecule has 2 nitrogen and oxygen atoms in total. The Kier molecular flexibility index (Phi) is 5.04. The van der Waals surface area contributed by atoms with Crippen LogP contribution in [-0.2, 0) is 11.3 Å². The summed E-state index contributed by atoms with van der Waals surface area (Å²) >= 11 is 2.44. The molecule has 0 aromatic heterocycles. The van der Waals surface area contributed by atoms with Crippen molar-refractivity contribution in [1.82, 2.24) is 0 Å². The van der Waals surface area contributed by atoms with Crippen LogP contribution < -0.4 is 0 Å². The Bertz CT molecular complexity index is 366. The van der Waals surface area contributed by atoms with Gasteiger partial charge in [0.15, 0.2) is 0 Å². The quantitative estimate of drug-likeness (QED) is 0.623. The van der Waals surface area contributed by atoms with Crippen molar-refractivity contribution in [2.75, 3.05) is 6.61 Å². The monoisotopic (exact) mass is 360 g/mol. The summed E-state index contributed by atoms with van der Waals surface area (Å²) in [5.41, 5.74) is 1.21. The van der Waals surface area contributed by atoms with Gasteiger partial charge in [0.25, 0.3) is 0 Å².